The Morgan fingerprint density at radius 2 is 1.74 bits per heavy atom. The molecule has 1 atom stereocenters. The normalized spacial score (nSPS) is 11.9. The molecule has 0 aliphatic heterocycles. The van der Waals surface area contributed by atoms with Gasteiger partial charge in [-0.25, -0.2) is 4.98 Å². The monoisotopic (exact) mass is 340 g/mol. The van der Waals surface area contributed by atoms with E-state index in [0.717, 1.165) is 16.2 Å². The zero-order valence-electron chi connectivity index (χ0n) is 12.6. The summed E-state index contributed by atoms with van der Waals surface area (Å²) in [7, 11) is 0. The number of carbonyl (C=O) groups is 1. The summed E-state index contributed by atoms with van der Waals surface area (Å²) in [5.74, 6) is -0.0344. The maximum absolute atomic E-state index is 12.3. The fourth-order valence-electron chi connectivity index (χ4n) is 2.04. The molecule has 0 saturated heterocycles. The van der Waals surface area contributed by atoms with E-state index in [9.17, 15) is 4.79 Å². The number of benzene rings is 2. The van der Waals surface area contributed by atoms with E-state index >= 15 is 0 Å². The molecule has 5 heteroatoms. The van der Waals surface area contributed by atoms with Crippen molar-refractivity contribution in [3.8, 4) is 11.3 Å². The summed E-state index contributed by atoms with van der Waals surface area (Å²) in [6.45, 7) is 1.90. The molecule has 1 N–H and O–H groups in total. The number of carbonyl (C=O) groups excluding carboxylic acids is 1. The molecule has 0 bridgehead atoms. The van der Waals surface area contributed by atoms with Gasteiger partial charge in [0.2, 0.25) is 5.91 Å². The van der Waals surface area contributed by atoms with Gasteiger partial charge in [-0.05, 0) is 19.1 Å². The van der Waals surface area contributed by atoms with Gasteiger partial charge >= 0.3 is 0 Å². The van der Waals surface area contributed by atoms with Crippen LogP contribution in [-0.4, -0.2) is 16.1 Å². The van der Waals surface area contributed by atoms with Gasteiger partial charge in [0, 0.05) is 15.8 Å². The molecule has 0 radical (unpaired) electrons. The van der Waals surface area contributed by atoms with Crippen LogP contribution in [-0.2, 0) is 4.79 Å². The Labute approximate surface area is 143 Å². The average molecular weight is 340 g/mol. The van der Waals surface area contributed by atoms with E-state index in [-0.39, 0.29) is 11.2 Å². The zero-order chi connectivity index (χ0) is 16.1. The van der Waals surface area contributed by atoms with Crippen molar-refractivity contribution in [2.75, 3.05) is 5.32 Å². The molecule has 0 fully saturated rings. The van der Waals surface area contributed by atoms with Crippen LogP contribution in [0.3, 0.4) is 0 Å². The molecule has 3 nitrogen and oxygen atoms in total. The molecule has 1 amide bonds. The van der Waals surface area contributed by atoms with Crippen LogP contribution in [0.5, 0.6) is 0 Å². The summed E-state index contributed by atoms with van der Waals surface area (Å²) in [6.07, 6.45) is 0. The number of hydrogen-bond donors (Lipinski definition) is 1. The lowest BCUT2D eigenvalue weighted by Gasteiger charge is -2.10. The standard InChI is InChI=1S/C18H16N2OS2/c1-13(23-15-10-6-3-7-11-15)17(21)20-18-19-16(12-22-18)14-8-4-2-5-9-14/h2-13H,1H3,(H,19,20,21). The van der Waals surface area contributed by atoms with Crippen molar-refractivity contribution in [2.45, 2.75) is 17.1 Å². The number of nitrogens with one attached hydrogen (secondary N) is 1. The van der Waals surface area contributed by atoms with E-state index in [1.54, 1.807) is 0 Å². The third-order valence-electron chi connectivity index (χ3n) is 3.23. The first kappa shape index (κ1) is 15.8. The van der Waals surface area contributed by atoms with Gasteiger partial charge < -0.3 is 5.32 Å². The van der Waals surface area contributed by atoms with Crippen molar-refractivity contribution < 1.29 is 4.79 Å². The molecule has 1 unspecified atom stereocenters. The van der Waals surface area contributed by atoms with Crippen LogP contribution in [0, 0.1) is 0 Å². The van der Waals surface area contributed by atoms with Crippen LogP contribution in [0.25, 0.3) is 11.3 Å². The molecule has 0 aliphatic rings. The summed E-state index contributed by atoms with van der Waals surface area (Å²) in [4.78, 5) is 17.9. The van der Waals surface area contributed by atoms with E-state index in [2.05, 4.69) is 10.3 Å². The summed E-state index contributed by atoms with van der Waals surface area (Å²) in [6, 6.07) is 19.9. The Morgan fingerprint density at radius 3 is 2.43 bits per heavy atom. The molecular weight excluding hydrogens is 324 g/mol. The predicted molar refractivity (Wildman–Crippen MR) is 97.9 cm³/mol. The highest BCUT2D eigenvalue weighted by Crippen LogP contribution is 2.27. The minimum Gasteiger partial charge on any atom is -0.301 e. The fourth-order valence-corrected chi connectivity index (χ4v) is 3.65. The van der Waals surface area contributed by atoms with Crippen LogP contribution >= 0.6 is 23.1 Å². The van der Waals surface area contributed by atoms with Crippen molar-refractivity contribution in [3.63, 3.8) is 0 Å². The van der Waals surface area contributed by atoms with Crippen molar-refractivity contribution >= 4 is 34.1 Å². The molecule has 0 spiro atoms. The number of aromatic nitrogens is 1. The van der Waals surface area contributed by atoms with Gasteiger partial charge in [-0.15, -0.1) is 23.1 Å². The molecule has 0 aliphatic carbocycles. The van der Waals surface area contributed by atoms with Gasteiger partial charge in [-0.3, -0.25) is 4.79 Å². The van der Waals surface area contributed by atoms with Crippen LogP contribution < -0.4 is 5.32 Å². The van der Waals surface area contributed by atoms with E-state index in [1.807, 2.05) is 73.0 Å². The first-order valence-corrected chi connectivity index (χ1v) is 9.02. The molecule has 2 aromatic carbocycles. The largest absolute Gasteiger partial charge is 0.301 e. The van der Waals surface area contributed by atoms with Gasteiger partial charge in [0.05, 0.1) is 10.9 Å². The van der Waals surface area contributed by atoms with E-state index in [0.29, 0.717) is 5.13 Å². The molecular formula is C18H16N2OS2. The second-order valence-corrected chi connectivity index (χ2v) is 7.24. The van der Waals surface area contributed by atoms with Crippen molar-refractivity contribution in [1.82, 2.24) is 4.98 Å². The van der Waals surface area contributed by atoms with E-state index in [1.165, 1.54) is 23.1 Å². The maximum Gasteiger partial charge on any atom is 0.239 e. The molecule has 0 saturated carbocycles. The summed E-state index contributed by atoms with van der Waals surface area (Å²) in [5, 5.41) is 5.31. The third-order valence-corrected chi connectivity index (χ3v) is 5.10. The number of thiazole rings is 1. The Hall–Kier alpha value is -2.11. The topological polar surface area (TPSA) is 42.0 Å². The second kappa shape index (κ2) is 7.44. The molecule has 116 valence electrons. The summed E-state index contributed by atoms with van der Waals surface area (Å²) >= 11 is 2.98. The van der Waals surface area contributed by atoms with Gasteiger partial charge in [-0.1, -0.05) is 48.5 Å². The van der Waals surface area contributed by atoms with Gasteiger partial charge in [0.15, 0.2) is 5.13 Å². The van der Waals surface area contributed by atoms with Gasteiger partial charge in [0.25, 0.3) is 0 Å². The van der Waals surface area contributed by atoms with E-state index < -0.39 is 0 Å². The quantitative estimate of drug-likeness (QED) is 0.670. The lowest BCUT2D eigenvalue weighted by molar-refractivity contribution is -0.115. The van der Waals surface area contributed by atoms with Crippen LogP contribution in [0.2, 0.25) is 0 Å². The number of thioether (sulfide) groups is 1. The lowest BCUT2D eigenvalue weighted by Crippen LogP contribution is -2.22. The van der Waals surface area contributed by atoms with E-state index in [4.69, 9.17) is 0 Å². The molecule has 3 aromatic rings. The Morgan fingerprint density at radius 1 is 1.09 bits per heavy atom. The molecule has 1 aromatic heterocycles. The molecule has 23 heavy (non-hydrogen) atoms. The van der Waals surface area contributed by atoms with Crippen molar-refractivity contribution in [3.05, 3.63) is 66.0 Å². The highest BCUT2D eigenvalue weighted by molar-refractivity contribution is 8.00. The van der Waals surface area contributed by atoms with Crippen molar-refractivity contribution in [2.24, 2.45) is 0 Å². The third kappa shape index (κ3) is 4.21. The number of anilines is 1. The summed E-state index contributed by atoms with van der Waals surface area (Å²) < 4.78 is 0. The number of amides is 1. The second-order valence-electron chi connectivity index (χ2n) is 4.97. The number of rotatable bonds is 5. The summed E-state index contributed by atoms with van der Waals surface area (Å²) in [5.41, 5.74) is 1.94. The first-order valence-electron chi connectivity index (χ1n) is 7.26. The minimum atomic E-state index is -0.179. The fraction of sp³-hybridized carbons (Fsp3) is 0.111. The smallest absolute Gasteiger partial charge is 0.239 e. The van der Waals surface area contributed by atoms with Crippen LogP contribution in [0.1, 0.15) is 6.92 Å². The number of hydrogen-bond acceptors (Lipinski definition) is 4. The van der Waals surface area contributed by atoms with Gasteiger partial charge in [-0.2, -0.15) is 0 Å². The molecule has 1 heterocycles. The highest BCUT2D eigenvalue weighted by Gasteiger charge is 2.16. The number of nitrogens with zero attached hydrogens (tertiary/aromatic N) is 1. The Balaban J connectivity index is 1.63. The van der Waals surface area contributed by atoms with Crippen LogP contribution in [0.15, 0.2) is 70.9 Å². The zero-order valence-corrected chi connectivity index (χ0v) is 14.2. The highest BCUT2D eigenvalue weighted by atomic mass is 32.2. The van der Waals surface area contributed by atoms with Crippen LogP contribution in [0.4, 0.5) is 5.13 Å². The Bertz CT molecular complexity index is 772. The SMILES string of the molecule is CC(Sc1ccccc1)C(=O)Nc1nc(-c2ccccc2)cs1. The predicted octanol–water partition coefficient (Wildman–Crippen LogP) is 4.93. The first-order chi connectivity index (χ1) is 11.2. The van der Waals surface area contributed by atoms with Gasteiger partial charge in [0.1, 0.15) is 0 Å². The average Bonchev–Trinajstić information content (AvgIpc) is 3.05. The molecule has 3 rings (SSSR count). The minimum absolute atomic E-state index is 0.0344. The van der Waals surface area contributed by atoms with Crippen molar-refractivity contribution in [1.29, 1.82) is 0 Å². The Kier molecular flexibility index (Phi) is 5.10. The maximum atomic E-state index is 12.3. The lowest BCUT2D eigenvalue weighted by atomic mass is 10.2.